The zero-order valence-electron chi connectivity index (χ0n) is 16.2. The van der Waals surface area contributed by atoms with Gasteiger partial charge in [-0.15, -0.1) is 0 Å². The number of fused-ring (bicyclic) bond motifs is 3. The third kappa shape index (κ3) is 3.29. The molecule has 29 heavy (non-hydrogen) atoms. The van der Waals surface area contributed by atoms with Gasteiger partial charge in [-0.2, -0.15) is 0 Å². The monoisotopic (exact) mass is 447 g/mol. The summed E-state index contributed by atoms with van der Waals surface area (Å²) >= 11 is 3.54. The van der Waals surface area contributed by atoms with Crippen molar-refractivity contribution in [3.63, 3.8) is 0 Å². The van der Waals surface area contributed by atoms with E-state index in [4.69, 9.17) is 9.72 Å². The average Bonchev–Trinajstić information content (AvgIpc) is 3.13. The van der Waals surface area contributed by atoms with E-state index in [1.54, 1.807) is 0 Å². The highest BCUT2D eigenvalue weighted by Crippen LogP contribution is 2.43. The van der Waals surface area contributed by atoms with Crippen LogP contribution in [-0.2, 0) is 0 Å². The highest BCUT2D eigenvalue weighted by Gasteiger charge is 2.32. The zero-order chi connectivity index (χ0) is 19.8. The van der Waals surface area contributed by atoms with E-state index in [0.717, 1.165) is 33.6 Å². The number of halogens is 1. The fraction of sp³-hybridized carbons (Fsp3) is 0.208. The maximum atomic E-state index is 5.99. The molecule has 1 aliphatic heterocycles. The summed E-state index contributed by atoms with van der Waals surface area (Å²) in [6.45, 7) is 2.68. The first kappa shape index (κ1) is 18.3. The largest absolute Gasteiger partial charge is 0.494 e. The van der Waals surface area contributed by atoms with Gasteiger partial charge in [-0.05, 0) is 49.2 Å². The molecule has 146 valence electrons. The van der Waals surface area contributed by atoms with Crippen LogP contribution in [0.15, 0.2) is 77.3 Å². The number of anilines is 1. The number of ether oxygens (including phenoxy) is 1. The van der Waals surface area contributed by atoms with Gasteiger partial charge in [-0.3, -0.25) is 0 Å². The Morgan fingerprint density at radius 2 is 1.79 bits per heavy atom. The van der Waals surface area contributed by atoms with Gasteiger partial charge >= 0.3 is 0 Å². The van der Waals surface area contributed by atoms with E-state index in [-0.39, 0.29) is 12.1 Å². The maximum Gasteiger partial charge on any atom is 0.204 e. The molecule has 3 aromatic carbocycles. The van der Waals surface area contributed by atoms with Crippen molar-refractivity contribution in [1.29, 1.82) is 0 Å². The second kappa shape index (κ2) is 7.56. The number of nitrogens with one attached hydrogen (secondary N) is 1. The van der Waals surface area contributed by atoms with Crippen molar-refractivity contribution in [3.05, 3.63) is 88.4 Å². The van der Waals surface area contributed by atoms with Crippen LogP contribution in [0.5, 0.6) is 5.75 Å². The third-order valence-corrected chi connectivity index (χ3v) is 6.05. The fourth-order valence-electron chi connectivity index (χ4n) is 4.23. The maximum absolute atomic E-state index is 5.99. The van der Waals surface area contributed by atoms with Crippen molar-refractivity contribution >= 4 is 32.9 Å². The summed E-state index contributed by atoms with van der Waals surface area (Å²) in [7, 11) is 0. The van der Waals surface area contributed by atoms with Crippen LogP contribution in [0.25, 0.3) is 11.0 Å². The second-order valence-corrected chi connectivity index (χ2v) is 8.18. The van der Waals surface area contributed by atoms with Gasteiger partial charge in [0.1, 0.15) is 5.75 Å². The van der Waals surface area contributed by atoms with Crippen LogP contribution in [-0.4, -0.2) is 16.2 Å². The lowest BCUT2D eigenvalue weighted by Gasteiger charge is -2.34. The first-order valence-electron chi connectivity index (χ1n) is 9.95. The molecule has 1 aromatic heterocycles. The van der Waals surface area contributed by atoms with E-state index in [2.05, 4.69) is 86.5 Å². The minimum absolute atomic E-state index is 0.134. The number of aromatic nitrogens is 2. The van der Waals surface area contributed by atoms with Gasteiger partial charge in [0.25, 0.3) is 0 Å². The predicted molar refractivity (Wildman–Crippen MR) is 121 cm³/mol. The molecule has 1 N–H and O–H groups in total. The molecular weight excluding hydrogens is 426 g/mol. The summed E-state index contributed by atoms with van der Waals surface area (Å²) in [5.74, 6) is 1.85. The van der Waals surface area contributed by atoms with Gasteiger partial charge in [-0.25, -0.2) is 4.98 Å². The predicted octanol–water partition coefficient (Wildman–Crippen LogP) is 6.34. The molecule has 0 bridgehead atoms. The van der Waals surface area contributed by atoms with Crippen LogP contribution < -0.4 is 10.1 Å². The molecule has 2 heterocycles. The Morgan fingerprint density at radius 3 is 2.62 bits per heavy atom. The minimum atomic E-state index is 0.134. The Hall–Kier alpha value is -2.79. The highest BCUT2D eigenvalue weighted by molar-refractivity contribution is 9.10. The van der Waals surface area contributed by atoms with E-state index >= 15 is 0 Å². The van der Waals surface area contributed by atoms with Gasteiger partial charge in [0.05, 0.1) is 29.7 Å². The summed E-state index contributed by atoms with van der Waals surface area (Å²) in [5.41, 5.74) is 4.60. The topological polar surface area (TPSA) is 39.1 Å². The van der Waals surface area contributed by atoms with Crippen molar-refractivity contribution in [1.82, 2.24) is 9.55 Å². The standard InChI is InChI=1S/C24H22BrN3O/c1-2-29-23-10-6-3-7-18(23)22-15-20(16-11-13-17(25)14-12-16)27-24-26-19-8-4-5-9-21(19)28(22)24/h3-14,20,22H,2,15H2,1H3,(H,26,27). The van der Waals surface area contributed by atoms with Gasteiger partial charge in [0.2, 0.25) is 5.95 Å². The Bertz CT molecular complexity index is 1150. The molecule has 0 radical (unpaired) electrons. The van der Waals surface area contributed by atoms with E-state index in [9.17, 15) is 0 Å². The molecule has 4 nitrogen and oxygen atoms in total. The van der Waals surface area contributed by atoms with Crippen molar-refractivity contribution in [2.45, 2.75) is 25.4 Å². The Labute approximate surface area is 178 Å². The molecule has 5 heteroatoms. The molecule has 0 saturated carbocycles. The van der Waals surface area contributed by atoms with E-state index < -0.39 is 0 Å². The lowest BCUT2D eigenvalue weighted by Crippen LogP contribution is -2.27. The second-order valence-electron chi connectivity index (χ2n) is 7.26. The van der Waals surface area contributed by atoms with Crippen LogP contribution in [0.2, 0.25) is 0 Å². The SMILES string of the molecule is CCOc1ccccc1C1CC(c2ccc(Br)cc2)Nc2nc3ccccc3n21. The summed E-state index contributed by atoms with van der Waals surface area (Å²) in [4.78, 5) is 4.90. The molecule has 0 saturated heterocycles. The summed E-state index contributed by atoms with van der Waals surface area (Å²) < 4.78 is 9.40. The molecule has 0 aliphatic carbocycles. The van der Waals surface area contributed by atoms with Crippen LogP contribution in [0.4, 0.5) is 5.95 Å². The molecule has 0 fully saturated rings. The van der Waals surface area contributed by atoms with Crippen LogP contribution in [0, 0.1) is 0 Å². The number of nitrogens with zero attached hydrogens (tertiary/aromatic N) is 2. The van der Waals surface area contributed by atoms with Gasteiger partial charge < -0.3 is 14.6 Å². The first-order valence-corrected chi connectivity index (χ1v) is 10.7. The number of benzene rings is 3. The zero-order valence-corrected chi connectivity index (χ0v) is 17.8. The summed E-state index contributed by atoms with van der Waals surface area (Å²) in [6, 6.07) is 25.5. The first-order chi connectivity index (χ1) is 14.2. The van der Waals surface area contributed by atoms with Gasteiger partial charge in [0.15, 0.2) is 0 Å². The molecule has 0 amide bonds. The molecule has 2 unspecified atom stereocenters. The summed E-state index contributed by atoms with van der Waals surface area (Å²) in [6.07, 6.45) is 0.916. The Morgan fingerprint density at radius 1 is 1.03 bits per heavy atom. The summed E-state index contributed by atoms with van der Waals surface area (Å²) in [5, 5.41) is 3.67. The molecule has 0 spiro atoms. The van der Waals surface area contributed by atoms with Crippen molar-refractivity contribution in [2.75, 3.05) is 11.9 Å². The lowest BCUT2D eigenvalue weighted by molar-refractivity contribution is 0.329. The fourth-order valence-corrected chi connectivity index (χ4v) is 4.49. The normalized spacial score (nSPS) is 18.3. The van der Waals surface area contributed by atoms with Crippen LogP contribution in [0.3, 0.4) is 0 Å². The quantitative estimate of drug-likeness (QED) is 0.396. The number of para-hydroxylation sites is 3. The van der Waals surface area contributed by atoms with Gasteiger partial charge in [-0.1, -0.05) is 58.4 Å². The average molecular weight is 448 g/mol. The van der Waals surface area contributed by atoms with Crippen LogP contribution >= 0.6 is 15.9 Å². The molecule has 5 rings (SSSR count). The van der Waals surface area contributed by atoms with Crippen molar-refractivity contribution in [2.24, 2.45) is 0 Å². The number of hydrogen-bond acceptors (Lipinski definition) is 3. The van der Waals surface area contributed by atoms with Crippen molar-refractivity contribution < 1.29 is 4.74 Å². The molecule has 1 aliphatic rings. The van der Waals surface area contributed by atoms with Crippen LogP contribution in [0.1, 0.15) is 36.6 Å². The van der Waals surface area contributed by atoms with E-state index in [1.807, 2.05) is 19.1 Å². The van der Waals surface area contributed by atoms with Crippen molar-refractivity contribution in [3.8, 4) is 5.75 Å². The molecular formula is C24H22BrN3O. The lowest BCUT2D eigenvalue weighted by atomic mass is 9.92. The smallest absolute Gasteiger partial charge is 0.204 e. The highest BCUT2D eigenvalue weighted by atomic mass is 79.9. The molecule has 4 aromatic rings. The number of imidazole rings is 1. The Balaban J connectivity index is 1.67. The van der Waals surface area contributed by atoms with E-state index in [1.165, 1.54) is 11.1 Å². The Kier molecular flexibility index (Phi) is 4.76. The third-order valence-electron chi connectivity index (χ3n) is 5.52. The minimum Gasteiger partial charge on any atom is -0.494 e. The number of rotatable bonds is 4. The van der Waals surface area contributed by atoms with Gasteiger partial charge in [0, 0.05) is 10.0 Å². The molecule has 2 atom stereocenters. The number of hydrogen-bond donors (Lipinski definition) is 1. The van der Waals surface area contributed by atoms with E-state index in [0.29, 0.717) is 6.61 Å².